The van der Waals surface area contributed by atoms with Crippen molar-refractivity contribution in [2.45, 2.75) is 25.2 Å². The number of ether oxygens (including phenoxy) is 2. The minimum absolute atomic E-state index is 0.106. The molecule has 6 nitrogen and oxygen atoms in total. The second-order valence-electron chi connectivity index (χ2n) is 7.55. The van der Waals surface area contributed by atoms with Gasteiger partial charge in [-0.15, -0.1) is 11.3 Å². The van der Waals surface area contributed by atoms with Crippen LogP contribution in [0.2, 0.25) is 5.02 Å². The predicted molar refractivity (Wildman–Crippen MR) is 116 cm³/mol. The Morgan fingerprint density at radius 1 is 1.13 bits per heavy atom. The van der Waals surface area contributed by atoms with Crippen molar-refractivity contribution in [2.75, 3.05) is 26.3 Å². The summed E-state index contributed by atoms with van der Waals surface area (Å²) in [4.78, 5) is 19.6. The first-order chi connectivity index (χ1) is 14.6. The number of amides is 1. The fourth-order valence-electron chi connectivity index (χ4n) is 4.02. The fraction of sp³-hybridized carbons (Fsp3) is 0.364. The Bertz CT molecular complexity index is 1030. The number of piperidine rings is 1. The highest BCUT2D eigenvalue weighted by atomic mass is 35.5. The number of hydrogen-bond donors (Lipinski definition) is 0. The van der Waals surface area contributed by atoms with Crippen molar-refractivity contribution < 1.29 is 14.3 Å². The van der Waals surface area contributed by atoms with Gasteiger partial charge in [-0.05, 0) is 24.3 Å². The van der Waals surface area contributed by atoms with Crippen LogP contribution < -0.4 is 0 Å². The molecule has 1 aromatic carbocycles. The maximum absolute atomic E-state index is 12.9. The highest BCUT2D eigenvalue weighted by Gasteiger charge is 2.40. The van der Waals surface area contributed by atoms with Crippen molar-refractivity contribution in [3.8, 4) is 22.0 Å². The van der Waals surface area contributed by atoms with Gasteiger partial charge in [0.15, 0.2) is 5.79 Å². The first-order valence-electron chi connectivity index (χ1n) is 10.0. The molecule has 0 saturated carbocycles. The number of benzene rings is 1. The van der Waals surface area contributed by atoms with E-state index in [1.54, 1.807) is 11.3 Å². The third-order valence-corrected chi connectivity index (χ3v) is 6.81. The van der Waals surface area contributed by atoms with Gasteiger partial charge in [-0.2, -0.15) is 0 Å². The highest BCUT2D eigenvalue weighted by molar-refractivity contribution is 7.13. The number of halogens is 1. The number of hydrogen-bond acceptors (Lipinski definition) is 5. The Kier molecular flexibility index (Phi) is 5.37. The third-order valence-electron chi connectivity index (χ3n) is 5.69. The minimum Gasteiger partial charge on any atom is -0.347 e. The van der Waals surface area contributed by atoms with Gasteiger partial charge in [-0.3, -0.25) is 4.79 Å². The first-order valence-corrected chi connectivity index (χ1v) is 11.3. The number of nitrogens with zero attached hydrogens (tertiary/aromatic N) is 3. The number of likely N-dealkylation sites (tertiary alicyclic amines) is 1. The molecule has 1 amide bonds. The van der Waals surface area contributed by atoms with E-state index in [2.05, 4.69) is 0 Å². The average Bonchev–Trinajstić information content (AvgIpc) is 3.50. The lowest BCUT2D eigenvalue weighted by molar-refractivity contribution is -0.187. The van der Waals surface area contributed by atoms with Gasteiger partial charge < -0.3 is 18.9 Å². The van der Waals surface area contributed by atoms with Crippen LogP contribution in [0.5, 0.6) is 0 Å². The van der Waals surface area contributed by atoms with Gasteiger partial charge in [-0.25, -0.2) is 4.98 Å². The van der Waals surface area contributed by atoms with Crippen molar-refractivity contribution in [3.63, 3.8) is 0 Å². The largest absolute Gasteiger partial charge is 0.347 e. The number of carbonyl (C=O) groups is 1. The van der Waals surface area contributed by atoms with Gasteiger partial charge in [0.2, 0.25) is 5.91 Å². The zero-order valence-electron chi connectivity index (χ0n) is 16.4. The molecule has 4 heterocycles. The Morgan fingerprint density at radius 3 is 2.60 bits per heavy atom. The molecular weight excluding hydrogens is 422 g/mol. The van der Waals surface area contributed by atoms with Gasteiger partial charge in [0, 0.05) is 48.1 Å². The van der Waals surface area contributed by atoms with Crippen molar-refractivity contribution in [1.29, 1.82) is 0 Å². The van der Waals surface area contributed by atoms with Crippen LogP contribution in [0, 0.1) is 0 Å². The number of rotatable bonds is 4. The fourth-order valence-corrected chi connectivity index (χ4v) is 5.01. The Labute approximate surface area is 184 Å². The molecule has 0 N–H and O–H groups in total. The topological polar surface area (TPSA) is 56.6 Å². The number of carbonyl (C=O) groups excluding carboxylic acids is 1. The summed E-state index contributed by atoms with van der Waals surface area (Å²) in [7, 11) is 0. The van der Waals surface area contributed by atoms with E-state index in [-0.39, 0.29) is 5.91 Å². The Hall–Kier alpha value is -2.19. The minimum atomic E-state index is -0.464. The molecule has 156 valence electrons. The number of aromatic nitrogens is 2. The zero-order valence-corrected chi connectivity index (χ0v) is 18.0. The van der Waals surface area contributed by atoms with Gasteiger partial charge in [-0.1, -0.05) is 23.7 Å². The van der Waals surface area contributed by atoms with E-state index in [1.165, 1.54) is 0 Å². The van der Waals surface area contributed by atoms with Gasteiger partial charge in [0.25, 0.3) is 0 Å². The average molecular weight is 444 g/mol. The molecule has 30 heavy (non-hydrogen) atoms. The van der Waals surface area contributed by atoms with E-state index in [4.69, 9.17) is 26.1 Å². The second-order valence-corrected chi connectivity index (χ2v) is 8.85. The molecule has 2 aromatic heterocycles. The molecule has 5 rings (SSSR count). The Balaban J connectivity index is 1.27. The summed E-state index contributed by atoms with van der Waals surface area (Å²) in [5.41, 5.74) is 2.88. The van der Waals surface area contributed by atoms with Crippen molar-refractivity contribution in [2.24, 2.45) is 0 Å². The quantitative estimate of drug-likeness (QED) is 0.603. The highest BCUT2D eigenvalue weighted by Crippen LogP contribution is 2.32. The van der Waals surface area contributed by atoms with Crippen LogP contribution in [0.1, 0.15) is 12.8 Å². The smallest absolute Gasteiger partial charge is 0.242 e. The molecule has 2 aliphatic rings. The molecule has 8 heteroatoms. The van der Waals surface area contributed by atoms with Gasteiger partial charge >= 0.3 is 0 Å². The standard InChI is InChI=1S/C22H22ClN3O3S/c23-17-5-3-16(4-6-17)18-15-30-21(24-18)19-2-1-9-26(19)14-20(27)25-10-7-22(8-11-25)28-12-13-29-22/h1-6,9,15H,7-8,10-14H2. The van der Waals surface area contributed by atoms with Crippen LogP contribution in [0.3, 0.4) is 0 Å². The van der Waals surface area contributed by atoms with Crippen molar-refractivity contribution in [1.82, 2.24) is 14.5 Å². The number of thiazole rings is 1. The van der Waals surface area contributed by atoms with E-state index in [9.17, 15) is 4.79 Å². The lowest BCUT2D eigenvalue weighted by Gasteiger charge is -2.37. The normalized spacial score (nSPS) is 18.2. The summed E-state index contributed by atoms with van der Waals surface area (Å²) < 4.78 is 13.5. The maximum atomic E-state index is 12.9. The maximum Gasteiger partial charge on any atom is 0.242 e. The molecule has 0 radical (unpaired) electrons. The molecule has 1 spiro atoms. The van der Waals surface area contributed by atoms with E-state index in [0.29, 0.717) is 37.9 Å². The summed E-state index contributed by atoms with van der Waals surface area (Å²) in [5, 5.41) is 3.63. The van der Waals surface area contributed by atoms with Gasteiger partial charge in [0.1, 0.15) is 11.6 Å². The van der Waals surface area contributed by atoms with Crippen LogP contribution in [-0.4, -0.2) is 52.4 Å². The molecule has 0 atom stereocenters. The SMILES string of the molecule is O=C(Cn1cccc1-c1nc(-c2ccc(Cl)cc2)cs1)N1CCC2(CC1)OCCO2. The lowest BCUT2D eigenvalue weighted by atomic mass is 10.0. The lowest BCUT2D eigenvalue weighted by Crippen LogP contribution is -2.48. The molecule has 0 unspecified atom stereocenters. The third kappa shape index (κ3) is 3.90. The van der Waals surface area contributed by atoms with Crippen molar-refractivity contribution in [3.05, 3.63) is 53.0 Å². The molecular formula is C22H22ClN3O3S. The second kappa shape index (κ2) is 8.15. The predicted octanol–water partition coefficient (Wildman–Crippen LogP) is 4.30. The monoisotopic (exact) mass is 443 g/mol. The van der Waals surface area contributed by atoms with Crippen LogP contribution in [0.4, 0.5) is 0 Å². The van der Waals surface area contributed by atoms with Crippen LogP contribution in [0.25, 0.3) is 22.0 Å². The van der Waals surface area contributed by atoms with Crippen molar-refractivity contribution >= 4 is 28.8 Å². The van der Waals surface area contributed by atoms with Crippen LogP contribution in [-0.2, 0) is 20.8 Å². The van der Waals surface area contributed by atoms with E-state index in [1.807, 2.05) is 57.4 Å². The molecule has 0 aliphatic carbocycles. The van der Waals surface area contributed by atoms with Crippen LogP contribution in [0.15, 0.2) is 48.0 Å². The summed E-state index contributed by atoms with van der Waals surface area (Å²) >= 11 is 7.56. The molecule has 2 fully saturated rings. The van der Waals surface area contributed by atoms with E-state index < -0.39 is 5.79 Å². The molecule has 0 bridgehead atoms. The van der Waals surface area contributed by atoms with Gasteiger partial charge in [0.05, 0.1) is 24.6 Å². The first kappa shape index (κ1) is 19.8. The zero-order chi connectivity index (χ0) is 20.6. The molecule has 2 saturated heterocycles. The van der Waals surface area contributed by atoms with E-state index >= 15 is 0 Å². The summed E-state index contributed by atoms with van der Waals surface area (Å²) in [6, 6.07) is 11.6. The van der Waals surface area contributed by atoms with Crippen LogP contribution >= 0.6 is 22.9 Å². The summed E-state index contributed by atoms with van der Waals surface area (Å²) in [5.74, 6) is -0.358. The summed E-state index contributed by atoms with van der Waals surface area (Å²) in [6.07, 6.45) is 3.40. The Morgan fingerprint density at radius 2 is 1.87 bits per heavy atom. The summed E-state index contributed by atoms with van der Waals surface area (Å²) in [6.45, 7) is 2.91. The van der Waals surface area contributed by atoms with E-state index in [0.717, 1.165) is 34.8 Å². The molecule has 3 aromatic rings. The molecule has 2 aliphatic heterocycles.